The van der Waals surface area contributed by atoms with Crippen molar-refractivity contribution < 1.29 is 27.0 Å². The summed E-state index contributed by atoms with van der Waals surface area (Å²) in [6, 6.07) is 2.12. The van der Waals surface area contributed by atoms with E-state index < -0.39 is 18.6 Å². The number of benzene rings is 1. The van der Waals surface area contributed by atoms with E-state index in [2.05, 4.69) is 4.74 Å². The molecule has 1 aromatic rings. The molecule has 1 aromatic carbocycles. The monoisotopic (exact) mass is 287 g/mol. The van der Waals surface area contributed by atoms with Gasteiger partial charge in [-0.05, 0) is 6.07 Å². The lowest BCUT2D eigenvalue weighted by atomic mass is 10.3. The van der Waals surface area contributed by atoms with Crippen LogP contribution in [0.1, 0.15) is 0 Å². The molecule has 8 heteroatoms. The molecular formula is C10H10ClF4NO2. The van der Waals surface area contributed by atoms with Crippen molar-refractivity contribution in [2.45, 2.75) is 6.18 Å². The van der Waals surface area contributed by atoms with Crippen LogP contribution < -0.4 is 10.5 Å². The van der Waals surface area contributed by atoms with E-state index in [1.807, 2.05) is 0 Å². The summed E-state index contributed by atoms with van der Waals surface area (Å²) in [5.74, 6) is -0.605. The summed E-state index contributed by atoms with van der Waals surface area (Å²) in [5.41, 5.74) is 5.12. The molecule has 102 valence electrons. The summed E-state index contributed by atoms with van der Waals surface area (Å²) < 4.78 is 57.4. The molecule has 0 spiro atoms. The van der Waals surface area contributed by atoms with Gasteiger partial charge in [-0.25, -0.2) is 4.39 Å². The molecule has 0 aliphatic heterocycles. The molecule has 0 aliphatic carbocycles. The van der Waals surface area contributed by atoms with Gasteiger partial charge in [-0.15, -0.1) is 0 Å². The maximum Gasteiger partial charge on any atom is 0.411 e. The highest BCUT2D eigenvalue weighted by atomic mass is 35.5. The number of nitrogens with two attached hydrogens (primary N) is 1. The molecule has 0 aliphatic rings. The molecule has 3 nitrogen and oxygen atoms in total. The van der Waals surface area contributed by atoms with Crippen molar-refractivity contribution in [1.29, 1.82) is 0 Å². The molecular weight excluding hydrogens is 278 g/mol. The van der Waals surface area contributed by atoms with Crippen LogP contribution in [0.2, 0.25) is 5.02 Å². The molecule has 0 radical (unpaired) electrons. The zero-order valence-electron chi connectivity index (χ0n) is 9.06. The maximum atomic E-state index is 12.9. The minimum Gasteiger partial charge on any atom is -0.490 e. The Morgan fingerprint density at radius 3 is 2.50 bits per heavy atom. The quantitative estimate of drug-likeness (QED) is 0.514. The number of nitrogen functional groups attached to an aromatic ring is 1. The van der Waals surface area contributed by atoms with Crippen molar-refractivity contribution in [2.75, 3.05) is 25.6 Å². The van der Waals surface area contributed by atoms with Gasteiger partial charge in [-0.3, -0.25) is 0 Å². The first-order valence-electron chi connectivity index (χ1n) is 4.81. The lowest BCUT2D eigenvalue weighted by Gasteiger charge is -2.10. The second-order valence-corrected chi connectivity index (χ2v) is 3.73. The molecule has 1 rings (SSSR count). The molecule has 0 bridgehead atoms. The van der Waals surface area contributed by atoms with Gasteiger partial charge in [-0.2, -0.15) is 13.2 Å². The van der Waals surface area contributed by atoms with Crippen LogP contribution >= 0.6 is 11.6 Å². The molecule has 0 aromatic heterocycles. The Labute approximate surface area is 105 Å². The molecule has 0 atom stereocenters. The molecule has 0 saturated carbocycles. The van der Waals surface area contributed by atoms with E-state index in [-0.39, 0.29) is 29.7 Å². The molecule has 0 fully saturated rings. The zero-order chi connectivity index (χ0) is 13.8. The summed E-state index contributed by atoms with van der Waals surface area (Å²) in [7, 11) is 0. The summed E-state index contributed by atoms with van der Waals surface area (Å²) in [6.07, 6.45) is -4.38. The third-order valence-electron chi connectivity index (χ3n) is 1.80. The fraction of sp³-hybridized carbons (Fsp3) is 0.400. The first-order chi connectivity index (χ1) is 8.29. The normalized spacial score (nSPS) is 11.6. The smallest absolute Gasteiger partial charge is 0.411 e. The molecule has 2 N–H and O–H groups in total. The molecule has 0 amide bonds. The number of hydrogen-bond donors (Lipinski definition) is 1. The predicted octanol–water partition coefficient (Wildman–Crippen LogP) is 3.02. The van der Waals surface area contributed by atoms with E-state index in [9.17, 15) is 17.6 Å². The van der Waals surface area contributed by atoms with E-state index in [1.165, 1.54) is 0 Å². The summed E-state index contributed by atoms with van der Waals surface area (Å²) in [4.78, 5) is 0. The highest BCUT2D eigenvalue weighted by molar-refractivity contribution is 6.32. The third-order valence-corrected chi connectivity index (χ3v) is 2.10. The standard InChI is InChI=1S/C10H10ClF4NO2/c11-6-3-7(12)8(16)4-9(6)18-2-1-17-5-10(13,14)15/h3-4H,1-2,5,16H2. The second-order valence-electron chi connectivity index (χ2n) is 3.32. The van der Waals surface area contributed by atoms with Gasteiger partial charge in [0, 0.05) is 6.07 Å². The Morgan fingerprint density at radius 1 is 1.22 bits per heavy atom. The van der Waals surface area contributed by atoms with Crippen LogP contribution in [0.5, 0.6) is 5.75 Å². The molecule has 0 saturated heterocycles. The minimum atomic E-state index is -4.38. The highest BCUT2D eigenvalue weighted by Crippen LogP contribution is 2.28. The topological polar surface area (TPSA) is 44.5 Å². The largest absolute Gasteiger partial charge is 0.490 e. The highest BCUT2D eigenvalue weighted by Gasteiger charge is 2.27. The number of halogens is 5. The van der Waals surface area contributed by atoms with E-state index in [4.69, 9.17) is 22.1 Å². The molecule has 18 heavy (non-hydrogen) atoms. The third kappa shape index (κ3) is 4.97. The van der Waals surface area contributed by atoms with Crippen molar-refractivity contribution in [3.05, 3.63) is 23.0 Å². The first kappa shape index (κ1) is 14.8. The van der Waals surface area contributed by atoms with Crippen molar-refractivity contribution in [1.82, 2.24) is 0 Å². The fourth-order valence-corrected chi connectivity index (χ4v) is 1.26. The predicted molar refractivity (Wildman–Crippen MR) is 58.2 cm³/mol. The minimum absolute atomic E-state index is 0.0162. The molecule has 0 unspecified atom stereocenters. The van der Waals surface area contributed by atoms with Crippen LogP contribution in [0.3, 0.4) is 0 Å². The van der Waals surface area contributed by atoms with Gasteiger partial charge >= 0.3 is 6.18 Å². The number of rotatable bonds is 5. The Bertz CT molecular complexity index is 412. The van der Waals surface area contributed by atoms with Gasteiger partial charge < -0.3 is 15.2 Å². The van der Waals surface area contributed by atoms with E-state index >= 15 is 0 Å². The van der Waals surface area contributed by atoms with Crippen LogP contribution in [0, 0.1) is 5.82 Å². The summed E-state index contributed by atoms with van der Waals surface area (Å²) >= 11 is 5.65. The Morgan fingerprint density at radius 2 is 1.89 bits per heavy atom. The Kier molecular flexibility index (Phi) is 5.03. The number of hydrogen-bond acceptors (Lipinski definition) is 3. The van der Waals surface area contributed by atoms with Crippen LogP contribution in [0.25, 0.3) is 0 Å². The van der Waals surface area contributed by atoms with Crippen LogP contribution in [0.15, 0.2) is 12.1 Å². The van der Waals surface area contributed by atoms with E-state index in [0.29, 0.717) is 0 Å². The Balaban J connectivity index is 2.38. The number of anilines is 1. The van der Waals surface area contributed by atoms with E-state index in [0.717, 1.165) is 12.1 Å². The van der Waals surface area contributed by atoms with Crippen LogP contribution in [-0.4, -0.2) is 26.0 Å². The van der Waals surface area contributed by atoms with Gasteiger partial charge in [0.05, 0.1) is 17.3 Å². The van der Waals surface area contributed by atoms with Gasteiger partial charge in [0.2, 0.25) is 0 Å². The lowest BCUT2D eigenvalue weighted by Crippen LogP contribution is -2.19. The van der Waals surface area contributed by atoms with E-state index in [1.54, 1.807) is 0 Å². The van der Waals surface area contributed by atoms with Gasteiger partial charge in [-0.1, -0.05) is 11.6 Å². The van der Waals surface area contributed by atoms with Gasteiger partial charge in [0.1, 0.15) is 24.8 Å². The second kappa shape index (κ2) is 6.10. The lowest BCUT2D eigenvalue weighted by molar-refractivity contribution is -0.175. The first-order valence-corrected chi connectivity index (χ1v) is 5.19. The molecule has 0 heterocycles. The van der Waals surface area contributed by atoms with Gasteiger partial charge in [0.25, 0.3) is 0 Å². The SMILES string of the molecule is Nc1cc(OCCOCC(F)(F)F)c(Cl)cc1F. The fourth-order valence-electron chi connectivity index (χ4n) is 1.05. The average Bonchev–Trinajstić information content (AvgIpc) is 2.23. The Hall–Kier alpha value is -1.21. The van der Waals surface area contributed by atoms with Crippen molar-refractivity contribution >= 4 is 17.3 Å². The van der Waals surface area contributed by atoms with Crippen molar-refractivity contribution in [3.8, 4) is 5.75 Å². The maximum absolute atomic E-state index is 12.9. The van der Waals surface area contributed by atoms with Crippen LogP contribution in [-0.2, 0) is 4.74 Å². The average molecular weight is 288 g/mol. The van der Waals surface area contributed by atoms with Gasteiger partial charge in [0.15, 0.2) is 0 Å². The number of alkyl halides is 3. The zero-order valence-corrected chi connectivity index (χ0v) is 9.82. The van der Waals surface area contributed by atoms with Crippen molar-refractivity contribution in [3.63, 3.8) is 0 Å². The van der Waals surface area contributed by atoms with Crippen LogP contribution in [0.4, 0.5) is 23.2 Å². The summed E-state index contributed by atoms with van der Waals surface area (Å²) in [5, 5.41) is -0.0162. The van der Waals surface area contributed by atoms with Crippen molar-refractivity contribution in [2.24, 2.45) is 0 Å². The summed E-state index contributed by atoms with van der Waals surface area (Å²) in [6.45, 7) is -1.77. The number of ether oxygens (including phenoxy) is 2.